The Balaban J connectivity index is 1.48. The molecule has 2 aromatic carbocycles. The number of rotatable bonds is 4. The number of aryl methyl sites for hydroxylation is 1. The molecule has 2 aliphatic carbocycles. The molecule has 2 amide bonds. The van der Waals surface area contributed by atoms with E-state index < -0.39 is 11.5 Å². The molecule has 0 radical (unpaired) electrons. The van der Waals surface area contributed by atoms with E-state index in [4.69, 9.17) is 5.73 Å². The first-order valence-electron chi connectivity index (χ1n) is 13.7. The van der Waals surface area contributed by atoms with Crippen molar-refractivity contribution in [1.29, 1.82) is 0 Å². The number of primary amides is 1. The van der Waals surface area contributed by atoms with Crippen molar-refractivity contribution in [3.63, 3.8) is 0 Å². The first-order chi connectivity index (χ1) is 17.6. The average molecular weight is 500 g/mol. The number of nitrogens with zero attached hydrogens (tertiary/aromatic N) is 1. The number of H-pyrrole nitrogens is 1. The van der Waals surface area contributed by atoms with Gasteiger partial charge in [-0.25, -0.2) is 0 Å². The molecule has 1 aromatic heterocycles. The van der Waals surface area contributed by atoms with Gasteiger partial charge in [-0.1, -0.05) is 31.0 Å². The number of nitrogens with one attached hydrogen (secondary N) is 1. The number of aromatic nitrogens is 1. The Labute approximate surface area is 218 Å². The van der Waals surface area contributed by atoms with E-state index in [9.17, 15) is 14.7 Å². The molecule has 194 valence electrons. The minimum atomic E-state index is -0.769. The van der Waals surface area contributed by atoms with Crippen LogP contribution in [0.15, 0.2) is 30.3 Å². The lowest BCUT2D eigenvalue weighted by Gasteiger charge is -2.32. The lowest BCUT2D eigenvalue weighted by atomic mass is 9.77. The Bertz CT molecular complexity index is 1410. The highest BCUT2D eigenvalue weighted by Gasteiger charge is 2.42. The van der Waals surface area contributed by atoms with Crippen LogP contribution in [0.3, 0.4) is 0 Å². The summed E-state index contributed by atoms with van der Waals surface area (Å²) in [5, 5.41) is 11.7. The van der Waals surface area contributed by atoms with Crippen molar-refractivity contribution in [1.82, 2.24) is 4.98 Å². The molecule has 3 aromatic rings. The molecule has 4 N–H and O–H groups in total. The third-order valence-corrected chi connectivity index (χ3v) is 9.40. The molecular weight excluding hydrogens is 462 g/mol. The van der Waals surface area contributed by atoms with Gasteiger partial charge in [-0.3, -0.25) is 9.59 Å². The van der Waals surface area contributed by atoms with Crippen LogP contribution in [0.4, 0.5) is 5.69 Å². The predicted octanol–water partition coefficient (Wildman–Crippen LogP) is 5.27. The maximum atomic E-state index is 13.4. The molecule has 1 aliphatic heterocycles. The predicted molar refractivity (Wildman–Crippen MR) is 147 cm³/mol. The van der Waals surface area contributed by atoms with Crippen LogP contribution in [-0.4, -0.2) is 34.1 Å². The summed E-state index contributed by atoms with van der Waals surface area (Å²) in [4.78, 5) is 31.3. The van der Waals surface area contributed by atoms with Gasteiger partial charge in [-0.2, -0.15) is 0 Å². The van der Waals surface area contributed by atoms with Gasteiger partial charge in [0.25, 0.3) is 5.91 Å². The molecular formula is C31H37N3O3. The fourth-order valence-corrected chi connectivity index (χ4v) is 7.27. The van der Waals surface area contributed by atoms with Gasteiger partial charge in [0.2, 0.25) is 5.91 Å². The van der Waals surface area contributed by atoms with E-state index in [2.05, 4.69) is 24.0 Å². The maximum absolute atomic E-state index is 13.4. The molecule has 1 saturated carbocycles. The Kier molecular flexibility index (Phi) is 5.72. The van der Waals surface area contributed by atoms with Crippen LogP contribution in [-0.2, 0) is 17.6 Å². The summed E-state index contributed by atoms with van der Waals surface area (Å²) < 4.78 is 0. The van der Waals surface area contributed by atoms with E-state index in [1.807, 2.05) is 36.9 Å². The average Bonchev–Trinajstić information content (AvgIpc) is 3.41. The number of carbonyl (C=O) groups is 2. The van der Waals surface area contributed by atoms with Crippen molar-refractivity contribution < 1.29 is 14.7 Å². The van der Waals surface area contributed by atoms with Gasteiger partial charge in [-0.05, 0) is 99.1 Å². The number of hydrogen-bond donors (Lipinski definition) is 3. The number of hydrogen-bond acceptors (Lipinski definition) is 3. The quantitative estimate of drug-likeness (QED) is 0.456. The van der Waals surface area contributed by atoms with Crippen molar-refractivity contribution in [2.45, 2.75) is 71.3 Å². The third-order valence-electron chi connectivity index (χ3n) is 9.40. The highest BCUT2D eigenvalue weighted by molar-refractivity contribution is 6.11. The normalized spacial score (nSPS) is 23.8. The third kappa shape index (κ3) is 3.88. The summed E-state index contributed by atoms with van der Waals surface area (Å²) in [5.74, 6) is 0.592. The van der Waals surface area contributed by atoms with Gasteiger partial charge in [0.15, 0.2) is 0 Å². The smallest absolute Gasteiger partial charge is 0.250 e. The second-order valence-corrected chi connectivity index (χ2v) is 12.0. The van der Waals surface area contributed by atoms with Crippen molar-refractivity contribution in [3.8, 4) is 11.1 Å². The minimum absolute atomic E-state index is 0.142. The van der Waals surface area contributed by atoms with Crippen LogP contribution in [0.1, 0.15) is 73.1 Å². The number of amides is 2. The number of carbonyl (C=O) groups excluding carboxylic acids is 2. The molecule has 1 saturated heterocycles. The number of nitrogens with two attached hydrogens (primary N) is 1. The van der Waals surface area contributed by atoms with Gasteiger partial charge in [-0.15, -0.1) is 0 Å². The summed E-state index contributed by atoms with van der Waals surface area (Å²) in [6.07, 6.45) is 6.96. The van der Waals surface area contributed by atoms with E-state index in [0.717, 1.165) is 84.0 Å². The number of aliphatic hydroxyl groups is 1. The Morgan fingerprint density at radius 2 is 1.89 bits per heavy atom. The first kappa shape index (κ1) is 24.2. The molecule has 3 atom stereocenters. The summed E-state index contributed by atoms with van der Waals surface area (Å²) in [6, 6.07) is 10.1. The molecule has 0 bridgehead atoms. The van der Waals surface area contributed by atoms with Gasteiger partial charge in [0, 0.05) is 29.2 Å². The summed E-state index contributed by atoms with van der Waals surface area (Å²) >= 11 is 0. The second kappa shape index (κ2) is 8.73. The van der Waals surface area contributed by atoms with Crippen LogP contribution >= 0.6 is 0 Å². The number of benzene rings is 2. The van der Waals surface area contributed by atoms with Gasteiger partial charge in [0.1, 0.15) is 0 Å². The van der Waals surface area contributed by atoms with E-state index in [-0.39, 0.29) is 17.7 Å². The molecule has 37 heavy (non-hydrogen) atoms. The largest absolute Gasteiger partial charge is 0.390 e. The van der Waals surface area contributed by atoms with Crippen LogP contribution in [0.25, 0.3) is 22.0 Å². The monoisotopic (exact) mass is 499 g/mol. The van der Waals surface area contributed by atoms with Crippen LogP contribution in [0.2, 0.25) is 0 Å². The second-order valence-electron chi connectivity index (χ2n) is 12.0. The van der Waals surface area contributed by atoms with E-state index in [1.165, 1.54) is 12.0 Å². The van der Waals surface area contributed by atoms with E-state index in [1.54, 1.807) is 0 Å². The van der Waals surface area contributed by atoms with Crippen LogP contribution in [0.5, 0.6) is 0 Å². The first-order valence-corrected chi connectivity index (χ1v) is 13.7. The van der Waals surface area contributed by atoms with Crippen LogP contribution in [0, 0.1) is 24.7 Å². The Morgan fingerprint density at radius 3 is 2.62 bits per heavy atom. The van der Waals surface area contributed by atoms with E-state index in [0.29, 0.717) is 11.5 Å². The molecule has 2 fully saturated rings. The van der Waals surface area contributed by atoms with Gasteiger partial charge >= 0.3 is 0 Å². The van der Waals surface area contributed by atoms with Crippen molar-refractivity contribution in [2.24, 2.45) is 23.5 Å². The lowest BCUT2D eigenvalue weighted by molar-refractivity contribution is -0.121. The Morgan fingerprint density at radius 1 is 1.11 bits per heavy atom. The topological polar surface area (TPSA) is 99.4 Å². The summed E-state index contributed by atoms with van der Waals surface area (Å²) in [6.45, 7) is 6.66. The van der Waals surface area contributed by atoms with Crippen molar-refractivity contribution >= 4 is 28.4 Å². The maximum Gasteiger partial charge on any atom is 0.250 e. The highest BCUT2D eigenvalue weighted by Crippen LogP contribution is 2.44. The molecule has 6 nitrogen and oxygen atoms in total. The fraction of sp³-hybridized carbons (Fsp3) is 0.484. The molecule has 6 rings (SSSR count). The van der Waals surface area contributed by atoms with Gasteiger partial charge < -0.3 is 20.7 Å². The molecule has 3 unspecified atom stereocenters. The SMILES string of the molecule is Cc1c(-c2ccc(C(N)=O)c3[nH]c4c(c23)CCC(C(C)(C)O)C4)cccc1N1CC2CCCCC2C1=O. The minimum Gasteiger partial charge on any atom is -0.390 e. The molecule has 0 spiro atoms. The molecule has 6 heteroatoms. The number of aromatic amines is 1. The van der Waals surface area contributed by atoms with Crippen molar-refractivity contribution in [2.75, 3.05) is 11.4 Å². The lowest BCUT2D eigenvalue weighted by Crippen LogP contribution is -2.34. The highest BCUT2D eigenvalue weighted by atomic mass is 16.3. The summed E-state index contributed by atoms with van der Waals surface area (Å²) in [5.41, 5.74) is 12.8. The van der Waals surface area contributed by atoms with Gasteiger partial charge in [0.05, 0.1) is 16.7 Å². The number of fused-ring (bicyclic) bond motifs is 4. The fourth-order valence-electron chi connectivity index (χ4n) is 7.27. The number of anilines is 1. The van der Waals surface area contributed by atoms with Crippen LogP contribution < -0.4 is 10.6 Å². The summed E-state index contributed by atoms with van der Waals surface area (Å²) in [7, 11) is 0. The van der Waals surface area contributed by atoms with Crippen molar-refractivity contribution in [3.05, 3.63) is 52.7 Å². The molecule has 3 aliphatic rings. The zero-order chi connectivity index (χ0) is 26.1. The molecule has 2 heterocycles. The Hall–Kier alpha value is -3.12. The zero-order valence-corrected chi connectivity index (χ0v) is 22.1. The standard InChI is InChI=1S/C31H37N3O3/c1-17-20(9-6-10-26(17)34-16-18-7-4-5-8-21(18)30(34)36)22-13-14-24(29(32)35)28-27(22)23-12-11-19(31(2,3)37)15-25(23)33-28/h6,9-10,13-14,18-19,21,33,37H,4-5,7-8,11-12,15-16H2,1-3H3,(H2,32,35). The zero-order valence-electron chi connectivity index (χ0n) is 22.1. The van der Waals surface area contributed by atoms with E-state index >= 15 is 0 Å².